The van der Waals surface area contributed by atoms with E-state index in [-0.39, 0.29) is 5.56 Å². The van der Waals surface area contributed by atoms with E-state index in [1.54, 1.807) is 6.20 Å². The third kappa shape index (κ3) is 0.878. The van der Waals surface area contributed by atoms with Gasteiger partial charge in [0, 0.05) is 23.5 Å². The second kappa shape index (κ2) is 2.57. The first-order chi connectivity index (χ1) is 6.86. The Kier molecular flexibility index (Phi) is 1.39. The molecule has 1 aliphatic rings. The standard InChI is InChI=1S/C10H9N3O/c14-10-8-2-1-6-5-11-4-3-7(6)9(8)12-13-10/h3-5H,1-2H2,(H2,12,13,14). The van der Waals surface area contributed by atoms with E-state index in [0.717, 1.165) is 29.7 Å². The summed E-state index contributed by atoms with van der Waals surface area (Å²) < 4.78 is 0. The summed E-state index contributed by atoms with van der Waals surface area (Å²) in [6.07, 6.45) is 5.31. The van der Waals surface area contributed by atoms with Crippen LogP contribution in [0.25, 0.3) is 11.3 Å². The highest BCUT2D eigenvalue weighted by Crippen LogP contribution is 2.28. The molecule has 0 amide bonds. The molecule has 0 unspecified atom stereocenters. The van der Waals surface area contributed by atoms with E-state index in [1.807, 2.05) is 12.3 Å². The highest BCUT2D eigenvalue weighted by atomic mass is 16.1. The highest BCUT2D eigenvalue weighted by Gasteiger charge is 2.19. The average Bonchev–Trinajstić information content (AvgIpc) is 2.61. The maximum absolute atomic E-state index is 11.4. The third-order valence-electron chi connectivity index (χ3n) is 2.69. The molecular weight excluding hydrogens is 178 g/mol. The number of aromatic nitrogens is 3. The van der Waals surface area contributed by atoms with Crippen LogP contribution in [0.2, 0.25) is 0 Å². The summed E-state index contributed by atoms with van der Waals surface area (Å²) in [5.74, 6) is 0. The largest absolute Gasteiger partial charge is 0.297 e. The Balaban J connectivity index is 2.34. The SMILES string of the molecule is O=c1[nH][nH]c2c1CCc1cnccc1-2. The van der Waals surface area contributed by atoms with Crippen LogP contribution < -0.4 is 5.56 Å². The summed E-state index contributed by atoms with van der Waals surface area (Å²) in [5, 5.41) is 5.54. The number of rotatable bonds is 0. The smallest absolute Gasteiger partial charge is 0.267 e. The Hall–Kier alpha value is -1.84. The van der Waals surface area contributed by atoms with E-state index in [9.17, 15) is 4.79 Å². The van der Waals surface area contributed by atoms with Gasteiger partial charge in [-0.15, -0.1) is 0 Å². The van der Waals surface area contributed by atoms with E-state index in [1.165, 1.54) is 5.56 Å². The van der Waals surface area contributed by atoms with Crippen LogP contribution >= 0.6 is 0 Å². The van der Waals surface area contributed by atoms with Crippen LogP contribution in [-0.2, 0) is 12.8 Å². The normalized spacial score (nSPS) is 13.4. The molecule has 0 bridgehead atoms. The number of nitrogens with zero attached hydrogens (tertiary/aromatic N) is 1. The van der Waals surface area contributed by atoms with Crippen molar-refractivity contribution in [2.24, 2.45) is 0 Å². The molecule has 70 valence electrons. The van der Waals surface area contributed by atoms with Crippen molar-refractivity contribution in [3.05, 3.63) is 39.9 Å². The van der Waals surface area contributed by atoms with Crippen molar-refractivity contribution < 1.29 is 0 Å². The Morgan fingerprint density at radius 2 is 2.21 bits per heavy atom. The van der Waals surface area contributed by atoms with E-state index in [4.69, 9.17) is 0 Å². The predicted molar refractivity (Wildman–Crippen MR) is 52.1 cm³/mol. The zero-order valence-electron chi connectivity index (χ0n) is 7.50. The number of fused-ring (bicyclic) bond motifs is 3. The first-order valence-electron chi connectivity index (χ1n) is 4.59. The lowest BCUT2D eigenvalue weighted by Gasteiger charge is -2.13. The van der Waals surface area contributed by atoms with Crippen LogP contribution in [0.4, 0.5) is 0 Å². The molecule has 0 spiro atoms. The molecule has 0 aliphatic heterocycles. The number of H-pyrrole nitrogens is 2. The zero-order valence-corrected chi connectivity index (χ0v) is 7.50. The van der Waals surface area contributed by atoms with Crippen molar-refractivity contribution in [1.29, 1.82) is 0 Å². The minimum Gasteiger partial charge on any atom is -0.297 e. The molecule has 14 heavy (non-hydrogen) atoms. The van der Waals surface area contributed by atoms with Gasteiger partial charge in [-0.2, -0.15) is 0 Å². The van der Waals surface area contributed by atoms with Gasteiger partial charge in [0.1, 0.15) is 0 Å². The molecule has 0 fully saturated rings. The monoisotopic (exact) mass is 187 g/mol. The topological polar surface area (TPSA) is 61.5 Å². The molecule has 2 N–H and O–H groups in total. The van der Waals surface area contributed by atoms with Crippen LogP contribution in [0.1, 0.15) is 11.1 Å². The molecule has 3 rings (SSSR count). The lowest BCUT2D eigenvalue weighted by atomic mass is 9.92. The van der Waals surface area contributed by atoms with E-state index in [2.05, 4.69) is 15.2 Å². The molecule has 2 aromatic rings. The summed E-state index contributed by atoms with van der Waals surface area (Å²) in [4.78, 5) is 15.4. The van der Waals surface area contributed by atoms with Crippen molar-refractivity contribution in [2.45, 2.75) is 12.8 Å². The van der Waals surface area contributed by atoms with Crippen LogP contribution in [0.3, 0.4) is 0 Å². The molecule has 4 nitrogen and oxygen atoms in total. The third-order valence-corrected chi connectivity index (χ3v) is 2.69. The quantitative estimate of drug-likeness (QED) is 0.642. The summed E-state index contributed by atoms with van der Waals surface area (Å²) >= 11 is 0. The number of aromatic amines is 2. The van der Waals surface area contributed by atoms with Crippen LogP contribution in [0.15, 0.2) is 23.3 Å². The first kappa shape index (κ1) is 7.55. The Morgan fingerprint density at radius 3 is 3.14 bits per heavy atom. The molecule has 2 heterocycles. The van der Waals surface area contributed by atoms with Gasteiger partial charge in [-0.25, -0.2) is 0 Å². The van der Waals surface area contributed by atoms with Gasteiger partial charge in [-0.05, 0) is 24.5 Å². The average molecular weight is 187 g/mol. The van der Waals surface area contributed by atoms with Gasteiger partial charge in [-0.3, -0.25) is 20.0 Å². The van der Waals surface area contributed by atoms with Crippen molar-refractivity contribution in [2.75, 3.05) is 0 Å². The molecule has 0 atom stereocenters. The second-order valence-electron chi connectivity index (χ2n) is 3.47. The molecule has 4 heteroatoms. The zero-order chi connectivity index (χ0) is 9.54. The summed E-state index contributed by atoms with van der Waals surface area (Å²) in [7, 11) is 0. The van der Waals surface area contributed by atoms with Gasteiger partial charge in [0.25, 0.3) is 5.56 Å². The Labute approximate surface area is 80.0 Å². The molecule has 0 saturated heterocycles. The number of hydrogen-bond donors (Lipinski definition) is 2. The molecule has 0 aromatic carbocycles. The van der Waals surface area contributed by atoms with Crippen molar-refractivity contribution in [1.82, 2.24) is 15.2 Å². The molecule has 2 aromatic heterocycles. The van der Waals surface area contributed by atoms with Gasteiger partial charge in [0.2, 0.25) is 0 Å². The number of nitrogens with one attached hydrogen (secondary N) is 2. The Morgan fingerprint density at radius 1 is 1.29 bits per heavy atom. The minimum atomic E-state index is 0.00228. The van der Waals surface area contributed by atoms with Crippen molar-refractivity contribution in [3.63, 3.8) is 0 Å². The first-order valence-corrected chi connectivity index (χ1v) is 4.59. The van der Waals surface area contributed by atoms with E-state index in [0.29, 0.717) is 0 Å². The van der Waals surface area contributed by atoms with Crippen LogP contribution in [-0.4, -0.2) is 15.2 Å². The summed E-state index contributed by atoms with van der Waals surface area (Å²) in [6.45, 7) is 0. The molecule has 0 saturated carbocycles. The maximum Gasteiger partial charge on any atom is 0.267 e. The predicted octanol–water partition coefficient (Wildman–Crippen LogP) is 0.864. The highest BCUT2D eigenvalue weighted by molar-refractivity contribution is 5.68. The lowest BCUT2D eigenvalue weighted by Crippen LogP contribution is -2.11. The number of aryl methyl sites for hydroxylation is 1. The van der Waals surface area contributed by atoms with Crippen LogP contribution in [0.5, 0.6) is 0 Å². The Bertz CT molecular complexity index is 538. The molecule has 0 radical (unpaired) electrons. The number of hydrogen-bond acceptors (Lipinski definition) is 2. The fourth-order valence-electron chi connectivity index (χ4n) is 1.98. The van der Waals surface area contributed by atoms with Crippen molar-refractivity contribution in [3.8, 4) is 11.3 Å². The summed E-state index contributed by atoms with van der Waals surface area (Å²) in [5.41, 5.74) is 4.10. The second-order valence-corrected chi connectivity index (χ2v) is 3.47. The fraction of sp³-hybridized carbons (Fsp3) is 0.200. The lowest BCUT2D eigenvalue weighted by molar-refractivity contribution is 0.924. The van der Waals surface area contributed by atoms with Gasteiger partial charge in [-0.1, -0.05) is 0 Å². The fourth-order valence-corrected chi connectivity index (χ4v) is 1.98. The molecular formula is C10H9N3O. The minimum absolute atomic E-state index is 0.00228. The number of pyridine rings is 1. The maximum atomic E-state index is 11.4. The van der Waals surface area contributed by atoms with E-state index < -0.39 is 0 Å². The van der Waals surface area contributed by atoms with Gasteiger partial charge < -0.3 is 0 Å². The van der Waals surface area contributed by atoms with Crippen LogP contribution in [0, 0.1) is 0 Å². The van der Waals surface area contributed by atoms with Gasteiger partial charge in [0.15, 0.2) is 0 Å². The summed E-state index contributed by atoms with van der Waals surface area (Å²) in [6, 6.07) is 1.94. The van der Waals surface area contributed by atoms with Gasteiger partial charge >= 0.3 is 0 Å². The van der Waals surface area contributed by atoms with Crippen molar-refractivity contribution >= 4 is 0 Å². The van der Waals surface area contributed by atoms with E-state index >= 15 is 0 Å². The van der Waals surface area contributed by atoms with Gasteiger partial charge in [0.05, 0.1) is 5.69 Å². The molecule has 1 aliphatic carbocycles.